The van der Waals surface area contributed by atoms with Crippen LogP contribution in [0.2, 0.25) is 0 Å². The summed E-state index contributed by atoms with van der Waals surface area (Å²) in [6.45, 7) is 0.435. The number of carboxylic acid groups (broad SMARTS) is 1. The van der Waals surface area contributed by atoms with Gasteiger partial charge >= 0.3 is 12.0 Å². The minimum atomic E-state index is -0.949. The monoisotopic (exact) mass is 296 g/mol. The SMILES string of the molecule is COc1ccc(CN(C)C(=O)NCCC(=O)O)c(OC)c1. The molecule has 0 atom stereocenters. The molecule has 1 aromatic rings. The zero-order valence-electron chi connectivity index (χ0n) is 12.4. The predicted octanol–water partition coefficient (Wildman–Crippen LogP) is 1.32. The fourth-order valence-electron chi connectivity index (χ4n) is 1.72. The molecule has 116 valence electrons. The van der Waals surface area contributed by atoms with Crippen LogP contribution in [0.25, 0.3) is 0 Å². The van der Waals surface area contributed by atoms with Crippen LogP contribution in [0.5, 0.6) is 11.5 Å². The maximum absolute atomic E-state index is 11.8. The van der Waals surface area contributed by atoms with Crippen LogP contribution in [-0.4, -0.2) is 49.8 Å². The van der Waals surface area contributed by atoms with Gasteiger partial charge in [-0.1, -0.05) is 0 Å². The van der Waals surface area contributed by atoms with Crippen LogP contribution in [0.1, 0.15) is 12.0 Å². The lowest BCUT2D eigenvalue weighted by Crippen LogP contribution is -2.37. The van der Waals surface area contributed by atoms with Gasteiger partial charge in [0, 0.05) is 25.2 Å². The van der Waals surface area contributed by atoms with E-state index in [-0.39, 0.29) is 19.0 Å². The van der Waals surface area contributed by atoms with E-state index in [0.29, 0.717) is 18.0 Å². The third-order valence-corrected chi connectivity index (χ3v) is 2.86. The molecular formula is C14H20N2O5. The summed E-state index contributed by atoms with van der Waals surface area (Å²) in [5.41, 5.74) is 0.828. The first-order chi connectivity index (χ1) is 9.97. The highest BCUT2D eigenvalue weighted by Crippen LogP contribution is 2.25. The van der Waals surface area contributed by atoms with Crippen molar-refractivity contribution in [3.63, 3.8) is 0 Å². The molecule has 0 radical (unpaired) electrons. The molecule has 2 N–H and O–H groups in total. The van der Waals surface area contributed by atoms with Crippen molar-refractivity contribution in [3.8, 4) is 11.5 Å². The lowest BCUT2D eigenvalue weighted by molar-refractivity contribution is -0.136. The van der Waals surface area contributed by atoms with Crippen LogP contribution in [0, 0.1) is 0 Å². The molecule has 0 fully saturated rings. The molecule has 0 heterocycles. The molecule has 21 heavy (non-hydrogen) atoms. The fourth-order valence-corrected chi connectivity index (χ4v) is 1.72. The lowest BCUT2D eigenvalue weighted by Gasteiger charge is -2.19. The van der Waals surface area contributed by atoms with Gasteiger partial charge in [0.1, 0.15) is 11.5 Å². The minimum Gasteiger partial charge on any atom is -0.497 e. The Hall–Kier alpha value is -2.44. The highest BCUT2D eigenvalue weighted by molar-refractivity contribution is 5.75. The highest BCUT2D eigenvalue weighted by Gasteiger charge is 2.12. The summed E-state index contributed by atoms with van der Waals surface area (Å²) in [7, 11) is 4.74. The number of hydrogen-bond donors (Lipinski definition) is 2. The minimum absolute atomic E-state index is 0.0955. The van der Waals surface area contributed by atoms with Gasteiger partial charge in [-0.2, -0.15) is 0 Å². The van der Waals surface area contributed by atoms with Crippen LogP contribution in [0.4, 0.5) is 4.79 Å². The number of carbonyl (C=O) groups is 2. The number of nitrogens with zero attached hydrogens (tertiary/aromatic N) is 1. The first kappa shape index (κ1) is 16.6. The Balaban J connectivity index is 2.63. The molecule has 0 unspecified atom stereocenters. The number of carbonyl (C=O) groups excluding carboxylic acids is 1. The maximum atomic E-state index is 11.8. The van der Waals surface area contributed by atoms with Crippen molar-refractivity contribution in [1.82, 2.24) is 10.2 Å². The molecule has 0 aromatic heterocycles. The number of amides is 2. The average Bonchev–Trinajstić information content (AvgIpc) is 2.46. The smallest absolute Gasteiger partial charge is 0.317 e. The van der Waals surface area contributed by atoms with E-state index in [1.807, 2.05) is 6.07 Å². The maximum Gasteiger partial charge on any atom is 0.317 e. The molecule has 7 nitrogen and oxygen atoms in total. The quantitative estimate of drug-likeness (QED) is 0.792. The van der Waals surface area contributed by atoms with Gasteiger partial charge in [-0.15, -0.1) is 0 Å². The predicted molar refractivity (Wildman–Crippen MR) is 76.7 cm³/mol. The molecule has 0 bridgehead atoms. The number of urea groups is 1. The number of ether oxygens (including phenoxy) is 2. The third-order valence-electron chi connectivity index (χ3n) is 2.86. The Morgan fingerprint density at radius 3 is 2.57 bits per heavy atom. The van der Waals surface area contributed by atoms with Crippen molar-refractivity contribution in [2.75, 3.05) is 27.8 Å². The number of nitrogens with one attached hydrogen (secondary N) is 1. The molecule has 1 aromatic carbocycles. The molecule has 7 heteroatoms. The van der Waals surface area contributed by atoms with E-state index in [1.54, 1.807) is 33.4 Å². The molecule has 1 rings (SSSR count). The van der Waals surface area contributed by atoms with E-state index in [4.69, 9.17) is 14.6 Å². The molecule has 0 saturated carbocycles. The Bertz CT molecular complexity index is 504. The van der Waals surface area contributed by atoms with E-state index in [1.165, 1.54) is 4.90 Å². The molecule has 0 aliphatic rings. The van der Waals surface area contributed by atoms with E-state index in [9.17, 15) is 9.59 Å². The number of rotatable bonds is 7. The first-order valence-corrected chi connectivity index (χ1v) is 6.39. The van der Waals surface area contributed by atoms with Crippen molar-refractivity contribution in [2.24, 2.45) is 0 Å². The summed E-state index contributed by atoms with van der Waals surface area (Å²) in [6, 6.07) is 5.01. The van der Waals surface area contributed by atoms with Gasteiger partial charge in [-0.05, 0) is 12.1 Å². The summed E-state index contributed by atoms with van der Waals surface area (Å²) < 4.78 is 10.4. The van der Waals surface area contributed by atoms with Gasteiger partial charge in [-0.3, -0.25) is 4.79 Å². The molecule has 0 spiro atoms. The number of carboxylic acids is 1. The van der Waals surface area contributed by atoms with Gasteiger partial charge in [-0.25, -0.2) is 4.79 Å². The standard InChI is InChI=1S/C14H20N2O5/c1-16(14(19)15-7-6-13(17)18)9-10-4-5-11(20-2)8-12(10)21-3/h4-5,8H,6-7,9H2,1-3H3,(H,15,19)(H,17,18). The number of hydrogen-bond acceptors (Lipinski definition) is 4. The van der Waals surface area contributed by atoms with E-state index in [0.717, 1.165) is 5.56 Å². The van der Waals surface area contributed by atoms with Crippen molar-refractivity contribution in [3.05, 3.63) is 23.8 Å². The van der Waals surface area contributed by atoms with Crippen molar-refractivity contribution >= 4 is 12.0 Å². The Morgan fingerprint density at radius 1 is 1.29 bits per heavy atom. The van der Waals surface area contributed by atoms with E-state index >= 15 is 0 Å². The summed E-state index contributed by atoms with van der Waals surface area (Å²) in [5, 5.41) is 11.1. The third kappa shape index (κ3) is 5.21. The van der Waals surface area contributed by atoms with Gasteiger partial charge in [0.05, 0.1) is 27.2 Å². The Morgan fingerprint density at radius 2 is 2.00 bits per heavy atom. The Labute approximate surface area is 123 Å². The zero-order valence-corrected chi connectivity index (χ0v) is 12.4. The van der Waals surface area contributed by atoms with Crippen LogP contribution >= 0.6 is 0 Å². The van der Waals surface area contributed by atoms with Crippen molar-refractivity contribution < 1.29 is 24.2 Å². The topological polar surface area (TPSA) is 88.1 Å². The normalized spacial score (nSPS) is 9.86. The van der Waals surface area contributed by atoms with Crippen LogP contribution in [0.15, 0.2) is 18.2 Å². The molecule has 2 amide bonds. The average molecular weight is 296 g/mol. The van der Waals surface area contributed by atoms with Gasteiger partial charge in [0.15, 0.2) is 0 Å². The molecular weight excluding hydrogens is 276 g/mol. The van der Waals surface area contributed by atoms with Gasteiger partial charge in [0.25, 0.3) is 0 Å². The van der Waals surface area contributed by atoms with E-state index < -0.39 is 5.97 Å². The first-order valence-electron chi connectivity index (χ1n) is 6.39. The zero-order chi connectivity index (χ0) is 15.8. The highest BCUT2D eigenvalue weighted by atomic mass is 16.5. The van der Waals surface area contributed by atoms with Crippen LogP contribution < -0.4 is 14.8 Å². The second kappa shape index (κ2) is 7.98. The lowest BCUT2D eigenvalue weighted by atomic mass is 10.2. The molecule has 0 aliphatic heterocycles. The summed E-state index contributed by atoms with van der Waals surface area (Å²) in [6.07, 6.45) is -0.106. The Kier molecular flexibility index (Phi) is 6.32. The number of aliphatic carboxylic acids is 1. The van der Waals surface area contributed by atoms with Crippen molar-refractivity contribution in [2.45, 2.75) is 13.0 Å². The summed E-state index contributed by atoms with van der Waals surface area (Å²) in [4.78, 5) is 23.7. The van der Waals surface area contributed by atoms with Gasteiger partial charge in [0.2, 0.25) is 0 Å². The second-order valence-corrected chi connectivity index (χ2v) is 4.41. The van der Waals surface area contributed by atoms with Crippen molar-refractivity contribution in [1.29, 1.82) is 0 Å². The van der Waals surface area contributed by atoms with Crippen LogP contribution in [0.3, 0.4) is 0 Å². The number of benzene rings is 1. The summed E-state index contributed by atoms with van der Waals surface area (Å²) >= 11 is 0. The van der Waals surface area contributed by atoms with Crippen LogP contribution in [-0.2, 0) is 11.3 Å². The second-order valence-electron chi connectivity index (χ2n) is 4.41. The summed E-state index contributed by atoms with van der Waals surface area (Å²) in [5.74, 6) is 0.346. The van der Waals surface area contributed by atoms with E-state index in [2.05, 4.69) is 5.32 Å². The molecule has 0 aliphatic carbocycles. The largest absolute Gasteiger partial charge is 0.497 e. The number of methoxy groups -OCH3 is 2. The fraction of sp³-hybridized carbons (Fsp3) is 0.429. The molecule has 0 saturated heterocycles. The van der Waals surface area contributed by atoms with Gasteiger partial charge < -0.3 is 24.8 Å².